The molecule has 3 aromatic rings. The zero-order chi connectivity index (χ0) is 13.7. The van der Waals surface area contributed by atoms with Gasteiger partial charge < -0.3 is 0 Å². The largest absolute Gasteiger partial charge is 0.298 e. The maximum absolute atomic E-state index is 9.41. The second kappa shape index (κ2) is 5.96. The van der Waals surface area contributed by atoms with Gasteiger partial charge in [0.05, 0.1) is 0 Å². The minimum Gasteiger partial charge on any atom is -0.298 e. The molecule has 0 N–H and O–H groups in total. The molecule has 0 aliphatic carbocycles. The summed E-state index contributed by atoms with van der Waals surface area (Å²) in [5.41, 5.74) is 0.574. The summed E-state index contributed by atoms with van der Waals surface area (Å²) >= 11 is 0. The SMILES string of the molecule is C=C(C)C=O.c1ccc2cc3ccccc3cc2c1. The summed E-state index contributed by atoms with van der Waals surface area (Å²) in [5.74, 6) is 0. The zero-order valence-corrected chi connectivity index (χ0v) is 11.0. The molecule has 19 heavy (non-hydrogen) atoms. The first kappa shape index (κ1) is 13.0. The number of carbonyl (C=O) groups is 1. The Morgan fingerprint density at radius 2 is 1.11 bits per heavy atom. The number of rotatable bonds is 1. The van der Waals surface area contributed by atoms with Crippen molar-refractivity contribution in [1.82, 2.24) is 0 Å². The van der Waals surface area contributed by atoms with Crippen molar-refractivity contribution < 1.29 is 4.79 Å². The third-order valence-electron chi connectivity index (χ3n) is 2.82. The van der Waals surface area contributed by atoms with Crippen molar-refractivity contribution in [2.75, 3.05) is 0 Å². The molecule has 0 aliphatic rings. The van der Waals surface area contributed by atoms with Crippen LogP contribution in [-0.2, 0) is 4.79 Å². The Kier molecular flexibility index (Phi) is 4.09. The molecule has 3 aromatic carbocycles. The minimum atomic E-state index is 0.574. The van der Waals surface area contributed by atoms with E-state index in [0.717, 1.165) is 6.29 Å². The fourth-order valence-corrected chi connectivity index (χ4v) is 1.88. The molecular weight excluding hydrogens is 232 g/mol. The lowest BCUT2D eigenvalue weighted by Crippen LogP contribution is -1.74. The summed E-state index contributed by atoms with van der Waals surface area (Å²) in [5, 5.41) is 5.25. The highest BCUT2D eigenvalue weighted by molar-refractivity contribution is 5.98. The molecule has 0 atom stereocenters. The first-order valence-electron chi connectivity index (χ1n) is 6.19. The van der Waals surface area contributed by atoms with Crippen LogP contribution in [0.25, 0.3) is 21.5 Å². The van der Waals surface area contributed by atoms with E-state index < -0.39 is 0 Å². The maximum Gasteiger partial charge on any atom is 0.145 e. The van der Waals surface area contributed by atoms with Crippen LogP contribution in [0.2, 0.25) is 0 Å². The van der Waals surface area contributed by atoms with Crippen LogP contribution >= 0.6 is 0 Å². The topological polar surface area (TPSA) is 17.1 Å². The molecule has 0 fully saturated rings. The number of aldehydes is 1. The van der Waals surface area contributed by atoms with E-state index in [2.05, 4.69) is 67.2 Å². The summed E-state index contributed by atoms with van der Waals surface area (Å²) in [7, 11) is 0. The molecule has 1 heteroatoms. The molecule has 94 valence electrons. The molecule has 0 spiro atoms. The fraction of sp³-hybridized carbons (Fsp3) is 0.0556. The van der Waals surface area contributed by atoms with Crippen molar-refractivity contribution in [2.45, 2.75) is 6.92 Å². The standard InChI is InChI=1S/C14H10.C4H6O/c1-2-6-12-10-14-8-4-3-7-13(14)9-11(12)5-1;1-4(2)3-5/h1-10H;3H,1H2,2H3. The zero-order valence-electron chi connectivity index (χ0n) is 11.0. The molecule has 0 unspecified atom stereocenters. The normalized spacial score (nSPS) is 9.74. The van der Waals surface area contributed by atoms with Crippen molar-refractivity contribution in [1.29, 1.82) is 0 Å². The third kappa shape index (κ3) is 3.29. The van der Waals surface area contributed by atoms with Gasteiger partial charge in [0.25, 0.3) is 0 Å². The number of hydrogen-bond donors (Lipinski definition) is 0. The van der Waals surface area contributed by atoms with Crippen LogP contribution in [0.15, 0.2) is 72.8 Å². The second-order valence-electron chi connectivity index (χ2n) is 4.51. The molecule has 0 radical (unpaired) electrons. The lowest BCUT2D eigenvalue weighted by Gasteiger charge is -2.00. The summed E-state index contributed by atoms with van der Waals surface area (Å²) in [6.07, 6.45) is 0.722. The predicted octanol–water partition coefficient (Wildman–Crippen LogP) is 4.75. The lowest BCUT2D eigenvalue weighted by atomic mass is 10.0. The Hall–Kier alpha value is -2.41. The highest BCUT2D eigenvalue weighted by Gasteiger charge is 1.95. The molecule has 0 aromatic heterocycles. The van der Waals surface area contributed by atoms with E-state index in [9.17, 15) is 4.79 Å². The van der Waals surface area contributed by atoms with E-state index >= 15 is 0 Å². The highest BCUT2D eigenvalue weighted by atomic mass is 16.1. The Balaban J connectivity index is 0.000000232. The van der Waals surface area contributed by atoms with Crippen molar-refractivity contribution in [3.05, 3.63) is 72.8 Å². The summed E-state index contributed by atoms with van der Waals surface area (Å²) in [6, 6.07) is 21.4. The number of allylic oxidation sites excluding steroid dienone is 1. The van der Waals surface area contributed by atoms with Crippen LogP contribution in [0, 0.1) is 0 Å². The quantitative estimate of drug-likeness (QED) is 0.345. The maximum atomic E-state index is 9.41. The first-order valence-corrected chi connectivity index (χ1v) is 6.19. The van der Waals surface area contributed by atoms with Crippen LogP contribution in [0.4, 0.5) is 0 Å². The highest BCUT2D eigenvalue weighted by Crippen LogP contribution is 2.21. The summed E-state index contributed by atoms with van der Waals surface area (Å²) in [6.45, 7) is 4.97. The number of hydrogen-bond acceptors (Lipinski definition) is 1. The van der Waals surface area contributed by atoms with E-state index in [1.807, 2.05) is 0 Å². The fourth-order valence-electron chi connectivity index (χ4n) is 1.88. The first-order chi connectivity index (χ1) is 9.20. The van der Waals surface area contributed by atoms with Crippen molar-refractivity contribution in [3.63, 3.8) is 0 Å². The Bertz CT molecular complexity index is 621. The van der Waals surface area contributed by atoms with Gasteiger partial charge in [0, 0.05) is 0 Å². The molecule has 0 saturated heterocycles. The van der Waals surface area contributed by atoms with E-state index in [0.29, 0.717) is 5.57 Å². The minimum absolute atomic E-state index is 0.574. The number of fused-ring (bicyclic) bond motifs is 2. The van der Waals surface area contributed by atoms with Crippen LogP contribution in [0.5, 0.6) is 0 Å². The molecule has 0 bridgehead atoms. The molecule has 0 heterocycles. The Labute approximate surface area is 113 Å². The van der Waals surface area contributed by atoms with Gasteiger partial charge in [-0.2, -0.15) is 0 Å². The smallest absolute Gasteiger partial charge is 0.145 e. The van der Waals surface area contributed by atoms with E-state index in [1.54, 1.807) is 6.92 Å². The Morgan fingerprint density at radius 1 is 0.842 bits per heavy atom. The molecule has 0 saturated carbocycles. The van der Waals surface area contributed by atoms with Gasteiger partial charge in [-0.3, -0.25) is 4.79 Å². The van der Waals surface area contributed by atoms with Crippen LogP contribution < -0.4 is 0 Å². The van der Waals surface area contributed by atoms with Gasteiger partial charge in [0.15, 0.2) is 0 Å². The van der Waals surface area contributed by atoms with Crippen LogP contribution in [0.1, 0.15) is 6.92 Å². The number of benzene rings is 3. The molecular formula is C18H16O. The van der Waals surface area contributed by atoms with Gasteiger partial charge in [-0.25, -0.2) is 0 Å². The second-order valence-corrected chi connectivity index (χ2v) is 4.51. The van der Waals surface area contributed by atoms with Gasteiger partial charge in [-0.15, -0.1) is 0 Å². The predicted molar refractivity (Wildman–Crippen MR) is 82.3 cm³/mol. The average molecular weight is 248 g/mol. The van der Waals surface area contributed by atoms with Crippen LogP contribution in [0.3, 0.4) is 0 Å². The summed E-state index contributed by atoms with van der Waals surface area (Å²) < 4.78 is 0. The van der Waals surface area contributed by atoms with E-state index in [-0.39, 0.29) is 0 Å². The molecule has 1 nitrogen and oxygen atoms in total. The van der Waals surface area contributed by atoms with Gasteiger partial charge in [0.2, 0.25) is 0 Å². The van der Waals surface area contributed by atoms with Crippen molar-refractivity contribution in [3.8, 4) is 0 Å². The Morgan fingerprint density at radius 3 is 1.32 bits per heavy atom. The molecule has 0 amide bonds. The van der Waals surface area contributed by atoms with Gasteiger partial charge in [-0.05, 0) is 46.2 Å². The monoisotopic (exact) mass is 248 g/mol. The summed E-state index contributed by atoms with van der Waals surface area (Å²) in [4.78, 5) is 9.41. The van der Waals surface area contributed by atoms with Gasteiger partial charge in [-0.1, -0.05) is 55.1 Å². The number of carbonyl (C=O) groups excluding carboxylic acids is 1. The average Bonchev–Trinajstić information content (AvgIpc) is 2.45. The third-order valence-corrected chi connectivity index (χ3v) is 2.82. The molecule has 0 aliphatic heterocycles. The van der Waals surface area contributed by atoms with Crippen molar-refractivity contribution >= 4 is 27.8 Å². The molecule has 3 rings (SSSR count). The van der Waals surface area contributed by atoms with Gasteiger partial charge in [0.1, 0.15) is 6.29 Å². The van der Waals surface area contributed by atoms with E-state index in [1.165, 1.54) is 21.5 Å². The van der Waals surface area contributed by atoms with E-state index in [4.69, 9.17) is 0 Å². The van der Waals surface area contributed by atoms with Crippen molar-refractivity contribution in [2.24, 2.45) is 0 Å². The van der Waals surface area contributed by atoms with Crippen LogP contribution in [-0.4, -0.2) is 6.29 Å². The van der Waals surface area contributed by atoms with Gasteiger partial charge >= 0.3 is 0 Å². The lowest BCUT2D eigenvalue weighted by molar-refractivity contribution is -0.104.